The number of halogens is 1. The third-order valence-electron chi connectivity index (χ3n) is 4.29. The zero-order chi connectivity index (χ0) is 15.7. The van der Waals surface area contributed by atoms with Gasteiger partial charge in [0, 0.05) is 17.0 Å². The summed E-state index contributed by atoms with van der Waals surface area (Å²) in [6.07, 6.45) is 4.80. The minimum Gasteiger partial charge on any atom is -0.321 e. The minimum atomic E-state index is -0.421. The molecule has 1 fully saturated rings. The van der Waals surface area contributed by atoms with Crippen LogP contribution in [0.1, 0.15) is 52.8 Å². The third kappa shape index (κ3) is 2.59. The SMILES string of the molecule is O=C1C(Cl)=C(NC(=O)C2CCCCC2)C(=O)c2ccccc21. The number of fused-ring (bicyclic) bond motifs is 1. The van der Waals surface area contributed by atoms with Crippen molar-refractivity contribution in [3.8, 4) is 0 Å². The van der Waals surface area contributed by atoms with Gasteiger partial charge in [0.2, 0.25) is 17.5 Å². The zero-order valence-corrected chi connectivity index (χ0v) is 12.8. The van der Waals surface area contributed by atoms with Gasteiger partial charge in [0.1, 0.15) is 10.7 Å². The number of carbonyl (C=O) groups excluding carboxylic acids is 3. The van der Waals surface area contributed by atoms with Crippen LogP contribution in [0.4, 0.5) is 0 Å². The van der Waals surface area contributed by atoms with Crippen LogP contribution >= 0.6 is 11.6 Å². The van der Waals surface area contributed by atoms with Crippen LogP contribution in [0, 0.1) is 5.92 Å². The second kappa shape index (κ2) is 6.05. The van der Waals surface area contributed by atoms with E-state index in [0.717, 1.165) is 32.1 Å². The van der Waals surface area contributed by atoms with Crippen molar-refractivity contribution in [3.05, 3.63) is 46.1 Å². The van der Waals surface area contributed by atoms with E-state index < -0.39 is 11.6 Å². The van der Waals surface area contributed by atoms with Gasteiger partial charge in [0.15, 0.2) is 0 Å². The molecule has 1 N–H and O–H groups in total. The molecule has 1 aromatic rings. The molecule has 0 unspecified atom stereocenters. The first-order chi connectivity index (χ1) is 10.6. The van der Waals surface area contributed by atoms with Gasteiger partial charge in [0.05, 0.1) is 0 Å². The Morgan fingerprint density at radius 2 is 1.59 bits per heavy atom. The summed E-state index contributed by atoms with van der Waals surface area (Å²) >= 11 is 6.03. The van der Waals surface area contributed by atoms with Gasteiger partial charge in [-0.3, -0.25) is 14.4 Å². The quantitative estimate of drug-likeness (QED) is 0.911. The molecule has 1 aromatic carbocycles. The lowest BCUT2D eigenvalue weighted by Crippen LogP contribution is -2.37. The molecule has 1 amide bonds. The number of Topliss-reactive ketones (excluding diaryl/α,β-unsaturated/α-hetero) is 2. The topological polar surface area (TPSA) is 63.2 Å². The van der Waals surface area contributed by atoms with Crippen LogP contribution in [0.5, 0.6) is 0 Å². The molecule has 22 heavy (non-hydrogen) atoms. The van der Waals surface area contributed by atoms with Gasteiger partial charge in [-0.1, -0.05) is 55.1 Å². The Bertz CT molecular complexity index is 687. The monoisotopic (exact) mass is 317 g/mol. The van der Waals surface area contributed by atoms with Crippen molar-refractivity contribution in [1.29, 1.82) is 0 Å². The number of ketones is 2. The van der Waals surface area contributed by atoms with Crippen molar-refractivity contribution in [2.75, 3.05) is 0 Å². The van der Waals surface area contributed by atoms with Gasteiger partial charge in [0.25, 0.3) is 0 Å². The van der Waals surface area contributed by atoms with Crippen LogP contribution in [-0.4, -0.2) is 17.5 Å². The Hall–Kier alpha value is -1.94. The Labute approximate surface area is 133 Å². The van der Waals surface area contributed by atoms with Gasteiger partial charge in [-0.25, -0.2) is 0 Å². The van der Waals surface area contributed by atoms with E-state index in [9.17, 15) is 14.4 Å². The fraction of sp³-hybridized carbons (Fsp3) is 0.353. The number of benzene rings is 1. The molecule has 0 aliphatic heterocycles. The summed E-state index contributed by atoms with van der Waals surface area (Å²) in [4.78, 5) is 37.0. The van der Waals surface area contributed by atoms with E-state index in [0.29, 0.717) is 0 Å². The molecule has 0 bridgehead atoms. The number of nitrogens with one attached hydrogen (secondary N) is 1. The van der Waals surface area contributed by atoms with E-state index in [4.69, 9.17) is 11.6 Å². The number of allylic oxidation sites excluding steroid dienone is 2. The van der Waals surface area contributed by atoms with E-state index in [1.54, 1.807) is 24.3 Å². The summed E-state index contributed by atoms with van der Waals surface area (Å²) in [5.74, 6) is -1.14. The molecular weight excluding hydrogens is 302 g/mol. The fourth-order valence-electron chi connectivity index (χ4n) is 3.05. The second-order valence-electron chi connectivity index (χ2n) is 5.72. The highest BCUT2D eigenvalue weighted by molar-refractivity contribution is 6.50. The maximum Gasteiger partial charge on any atom is 0.227 e. The van der Waals surface area contributed by atoms with Crippen LogP contribution in [0.25, 0.3) is 0 Å². The molecule has 0 spiro atoms. The molecule has 3 rings (SSSR count). The lowest BCUT2D eigenvalue weighted by molar-refractivity contribution is -0.125. The largest absolute Gasteiger partial charge is 0.321 e. The Balaban J connectivity index is 1.87. The maximum absolute atomic E-state index is 12.5. The first-order valence-electron chi connectivity index (χ1n) is 7.48. The number of hydrogen-bond acceptors (Lipinski definition) is 3. The lowest BCUT2D eigenvalue weighted by Gasteiger charge is -2.23. The van der Waals surface area contributed by atoms with E-state index in [-0.39, 0.29) is 33.7 Å². The average molecular weight is 318 g/mol. The van der Waals surface area contributed by atoms with Gasteiger partial charge < -0.3 is 5.32 Å². The lowest BCUT2D eigenvalue weighted by atomic mass is 9.88. The highest BCUT2D eigenvalue weighted by Gasteiger charge is 2.33. The molecule has 4 nitrogen and oxygen atoms in total. The number of carbonyl (C=O) groups is 3. The van der Waals surface area contributed by atoms with E-state index in [1.807, 2.05) is 0 Å². The van der Waals surface area contributed by atoms with Gasteiger partial charge in [-0.05, 0) is 12.8 Å². The van der Waals surface area contributed by atoms with Crippen molar-refractivity contribution < 1.29 is 14.4 Å². The molecule has 5 heteroatoms. The molecular formula is C17H16ClNO3. The van der Waals surface area contributed by atoms with Crippen LogP contribution in [0.15, 0.2) is 35.0 Å². The van der Waals surface area contributed by atoms with E-state index >= 15 is 0 Å². The Kier molecular flexibility index (Phi) is 4.12. The molecule has 2 aliphatic rings. The Morgan fingerprint density at radius 1 is 1.00 bits per heavy atom. The van der Waals surface area contributed by atoms with E-state index in [2.05, 4.69) is 5.32 Å². The van der Waals surface area contributed by atoms with Crippen molar-refractivity contribution in [2.24, 2.45) is 5.92 Å². The first-order valence-corrected chi connectivity index (χ1v) is 7.86. The van der Waals surface area contributed by atoms with E-state index in [1.165, 1.54) is 0 Å². The normalized spacial score (nSPS) is 19.1. The molecule has 0 aromatic heterocycles. The van der Waals surface area contributed by atoms with Crippen LogP contribution in [-0.2, 0) is 4.79 Å². The van der Waals surface area contributed by atoms with Gasteiger partial charge in [-0.2, -0.15) is 0 Å². The first kappa shape index (κ1) is 15.0. The average Bonchev–Trinajstić information content (AvgIpc) is 2.57. The van der Waals surface area contributed by atoms with Gasteiger partial charge in [-0.15, -0.1) is 0 Å². The smallest absolute Gasteiger partial charge is 0.227 e. The molecule has 0 saturated heterocycles. The molecule has 0 heterocycles. The fourth-order valence-corrected chi connectivity index (χ4v) is 3.28. The van der Waals surface area contributed by atoms with Crippen molar-refractivity contribution in [3.63, 3.8) is 0 Å². The van der Waals surface area contributed by atoms with Crippen LogP contribution < -0.4 is 5.32 Å². The van der Waals surface area contributed by atoms with Crippen molar-refractivity contribution in [2.45, 2.75) is 32.1 Å². The summed E-state index contributed by atoms with van der Waals surface area (Å²) in [5.41, 5.74) is 0.491. The molecule has 2 aliphatic carbocycles. The summed E-state index contributed by atoms with van der Waals surface area (Å²) in [7, 11) is 0. The number of hydrogen-bond donors (Lipinski definition) is 1. The number of rotatable bonds is 2. The third-order valence-corrected chi connectivity index (χ3v) is 4.65. The summed E-state index contributed by atoms with van der Waals surface area (Å²) in [6.45, 7) is 0. The van der Waals surface area contributed by atoms with Crippen LogP contribution in [0.3, 0.4) is 0 Å². The Morgan fingerprint density at radius 3 is 2.23 bits per heavy atom. The molecule has 1 saturated carbocycles. The summed E-state index contributed by atoms with van der Waals surface area (Å²) in [5, 5.41) is 2.40. The summed E-state index contributed by atoms with van der Waals surface area (Å²) < 4.78 is 0. The molecule has 114 valence electrons. The van der Waals surface area contributed by atoms with Crippen molar-refractivity contribution in [1.82, 2.24) is 5.32 Å². The minimum absolute atomic E-state index is 0.0825. The van der Waals surface area contributed by atoms with Crippen LogP contribution in [0.2, 0.25) is 0 Å². The second-order valence-corrected chi connectivity index (χ2v) is 6.09. The standard InChI is InChI=1S/C17H16ClNO3/c18-13-14(19-17(22)10-6-2-1-3-7-10)16(21)12-9-5-4-8-11(12)15(13)20/h4-5,8-10H,1-3,6-7H2,(H,19,22). The summed E-state index contributed by atoms with van der Waals surface area (Å²) in [6, 6.07) is 6.51. The molecule has 0 atom stereocenters. The highest BCUT2D eigenvalue weighted by atomic mass is 35.5. The number of amides is 1. The van der Waals surface area contributed by atoms with Crippen molar-refractivity contribution >= 4 is 29.1 Å². The predicted octanol–water partition coefficient (Wildman–Crippen LogP) is 3.21. The highest BCUT2D eigenvalue weighted by Crippen LogP contribution is 2.29. The zero-order valence-electron chi connectivity index (χ0n) is 12.0. The maximum atomic E-state index is 12.5. The van der Waals surface area contributed by atoms with Gasteiger partial charge >= 0.3 is 0 Å². The molecule has 0 radical (unpaired) electrons. The predicted molar refractivity (Wildman–Crippen MR) is 82.7 cm³/mol.